The molecule has 1 fully saturated rings. The first-order chi connectivity index (χ1) is 10.3. The lowest BCUT2D eigenvalue weighted by Crippen LogP contribution is -2.49. The molecule has 0 N–H and O–H groups in total. The molecular weight excluding hydrogens is 318 g/mol. The fourth-order valence-electron chi connectivity index (χ4n) is 3.32. The van der Waals surface area contributed by atoms with Gasteiger partial charge in [-0.2, -0.15) is 0 Å². The molecule has 2 atom stereocenters. The molecule has 1 saturated carbocycles. The molecule has 0 spiro atoms. The van der Waals surface area contributed by atoms with Crippen molar-refractivity contribution in [3.8, 4) is 0 Å². The van der Waals surface area contributed by atoms with Crippen LogP contribution in [0.25, 0.3) is 0 Å². The number of carbonyl (C=O) groups excluding carboxylic acids is 1. The molecule has 2 rings (SSSR count). The second-order valence-corrected chi connectivity index (χ2v) is 9.61. The van der Waals surface area contributed by atoms with Crippen LogP contribution in [-0.2, 0) is 16.3 Å². The van der Waals surface area contributed by atoms with E-state index in [1.807, 2.05) is 13.0 Å². The topological polar surface area (TPSA) is 54.5 Å². The molecule has 0 aromatic carbocycles. The van der Waals surface area contributed by atoms with Gasteiger partial charge in [0.15, 0.2) is 9.84 Å². The summed E-state index contributed by atoms with van der Waals surface area (Å²) in [6.07, 6.45) is 5.55. The van der Waals surface area contributed by atoms with E-state index in [2.05, 4.69) is 6.92 Å². The molecule has 1 aliphatic carbocycles. The number of sulfone groups is 1. The summed E-state index contributed by atoms with van der Waals surface area (Å²) >= 11 is 1.53. The monoisotopic (exact) mass is 343 g/mol. The van der Waals surface area contributed by atoms with E-state index in [-0.39, 0.29) is 11.9 Å². The van der Waals surface area contributed by atoms with Crippen LogP contribution in [0.15, 0.2) is 6.07 Å². The molecular formula is C16H25NO3S2. The third-order valence-corrected chi connectivity index (χ3v) is 7.61. The predicted octanol–water partition coefficient (Wildman–Crippen LogP) is 3.05. The number of carbonyl (C=O) groups is 1. The molecule has 6 heteroatoms. The van der Waals surface area contributed by atoms with Crippen LogP contribution in [0, 0.1) is 6.92 Å². The van der Waals surface area contributed by atoms with E-state index in [0.29, 0.717) is 6.42 Å². The average Bonchev–Trinajstić information content (AvgIpc) is 2.86. The molecule has 2 unspecified atom stereocenters. The summed E-state index contributed by atoms with van der Waals surface area (Å²) in [5.74, 6) is -0.0478. The van der Waals surface area contributed by atoms with E-state index in [1.54, 1.807) is 11.9 Å². The fourth-order valence-corrected chi connectivity index (χ4v) is 5.90. The van der Waals surface area contributed by atoms with Gasteiger partial charge in [0, 0.05) is 24.2 Å². The van der Waals surface area contributed by atoms with Gasteiger partial charge < -0.3 is 4.90 Å². The van der Waals surface area contributed by atoms with Gasteiger partial charge in [-0.3, -0.25) is 4.79 Å². The Bertz CT molecular complexity index is 648. The SMILES string of the molecule is CCc1sc(C(=O)N(C)C2CCCCC2S(C)(=O)=O)cc1C. The summed E-state index contributed by atoms with van der Waals surface area (Å²) in [6, 6.07) is 1.73. The maximum Gasteiger partial charge on any atom is 0.263 e. The van der Waals surface area contributed by atoms with Gasteiger partial charge in [-0.05, 0) is 37.8 Å². The van der Waals surface area contributed by atoms with Crippen LogP contribution in [-0.4, -0.2) is 43.8 Å². The standard InChI is InChI=1S/C16H25NO3S2/c1-5-13-11(2)10-14(21-13)16(18)17(3)12-8-6-7-9-15(12)22(4,19)20/h10,12,15H,5-9H2,1-4H3. The third kappa shape index (κ3) is 3.54. The van der Waals surface area contributed by atoms with Crippen molar-refractivity contribution in [1.29, 1.82) is 0 Å². The second-order valence-electron chi connectivity index (χ2n) is 6.21. The van der Waals surface area contributed by atoms with Gasteiger partial charge in [0.2, 0.25) is 0 Å². The number of hydrogen-bond donors (Lipinski definition) is 0. The molecule has 1 heterocycles. The van der Waals surface area contributed by atoms with Crippen LogP contribution in [0.3, 0.4) is 0 Å². The minimum absolute atomic E-state index is 0.0478. The number of rotatable bonds is 4. The van der Waals surface area contributed by atoms with Gasteiger partial charge >= 0.3 is 0 Å². The van der Waals surface area contributed by atoms with E-state index in [9.17, 15) is 13.2 Å². The minimum atomic E-state index is -3.13. The van der Waals surface area contributed by atoms with Crippen LogP contribution >= 0.6 is 11.3 Å². The third-order valence-electron chi connectivity index (χ3n) is 4.59. The van der Waals surface area contributed by atoms with Gasteiger partial charge in [0.1, 0.15) is 0 Å². The molecule has 0 bridgehead atoms. The van der Waals surface area contributed by atoms with Crippen LogP contribution < -0.4 is 0 Å². The highest BCUT2D eigenvalue weighted by atomic mass is 32.2. The molecule has 22 heavy (non-hydrogen) atoms. The number of aryl methyl sites for hydroxylation is 2. The predicted molar refractivity (Wildman–Crippen MR) is 91.4 cm³/mol. The lowest BCUT2D eigenvalue weighted by atomic mass is 9.93. The lowest BCUT2D eigenvalue weighted by molar-refractivity contribution is 0.0705. The van der Waals surface area contributed by atoms with E-state index in [0.717, 1.165) is 36.1 Å². The average molecular weight is 344 g/mol. The first-order valence-corrected chi connectivity index (χ1v) is 10.6. The minimum Gasteiger partial charge on any atom is -0.337 e. The second kappa shape index (κ2) is 6.71. The summed E-state index contributed by atoms with van der Waals surface area (Å²) in [7, 11) is -1.39. The Labute approximate surface area is 137 Å². The molecule has 4 nitrogen and oxygen atoms in total. The van der Waals surface area contributed by atoms with Crippen LogP contribution in [0.4, 0.5) is 0 Å². The molecule has 0 aliphatic heterocycles. The molecule has 124 valence electrons. The fraction of sp³-hybridized carbons (Fsp3) is 0.688. The van der Waals surface area contributed by atoms with Crippen molar-refractivity contribution >= 4 is 27.1 Å². The number of thiophene rings is 1. The Hall–Kier alpha value is -0.880. The van der Waals surface area contributed by atoms with Crippen molar-refractivity contribution in [3.05, 3.63) is 21.4 Å². The molecule has 1 aromatic heterocycles. The highest BCUT2D eigenvalue weighted by molar-refractivity contribution is 7.91. The van der Waals surface area contributed by atoms with Gasteiger partial charge in [0.25, 0.3) is 5.91 Å². The Morgan fingerprint density at radius 1 is 1.36 bits per heavy atom. The molecule has 1 aromatic rings. The lowest BCUT2D eigenvalue weighted by Gasteiger charge is -2.36. The first-order valence-electron chi connectivity index (χ1n) is 7.81. The summed E-state index contributed by atoms with van der Waals surface area (Å²) < 4.78 is 24.1. The van der Waals surface area contributed by atoms with Gasteiger partial charge in [0.05, 0.1) is 10.1 Å². The van der Waals surface area contributed by atoms with E-state index in [4.69, 9.17) is 0 Å². The zero-order valence-corrected chi connectivity index (χ0v) is 15.4. The molecule has 0 saturated heterocycles. The highest BCUT2D eigenvalue weighted by Crippen LogP contribution is 2.30. The Morgan fingerprint density at radius 3 is 2.55 bits per heavy atom. The van der Waals surface area contributed by atoms with Crippen LogP contribution in [0.1, 0.15) is 52.7 Å². The summed E-state index contributed by atoms with van der Waals surface area (Å²) in [5, 5.41) is -0.429. The van der Waals surface area contributed by atoms with E-state index < -0.39 is 15.1 Å². The number of nitrogens with zero attached hydrogens (tertiary/aromatic N) is 1. The Balaban J connectivity index is 2.24. The number of hydrogen-bond acceptors (Lipinski definition) is 4. The molecule has 1 amide bonds. The Morgan fingerprint density at radius 2 is 2.00 bits per heavy atom. The number of amides is 1. The maximum absolute atomic E-state index is 12.7. The first kappa shape index (κ1) is 17.5. The highest BCUT2D eigenvalue weighted by Gasteiger charge is 2.37. The molecule has 1 aliphatic rings. The zero-order valence-electron chi connectivity index (χ0n) is 13.8. The summed E-state index contributed by atoms with van der Waals surface area (Å²) in [5.41, 5.74) is 1.15. The van der Waals surface area contributed by atoms with Crippen LogP contribution in [0.2, 0.25) is 0 Å². The van der Waals surface area contributed by atoms with Crippen LogP contribution in [0.5, 0.6) is 0 Å². The maximum atomic E-state index is 12.7. The van der Waals surface area contributed by atoms with Gasteiger partial charge in [-0.25, -0.2) is 8.42 Å². The Kier molecular flexibility index (Phi) is 5.33. The summed E-state index contributed by atoms with van der Waals surface area (Å²) in [6.45, 7) is 4.10. The van der Waals surface area contributed by atoms with E-state index in [1.165, 1.54) is 22.5 Å². The summed E-state index contributed by atoms with van der Waals surface area (Å²) in [4.78, 5) is 16.3. The van der Waals surface area contributed by atoms with Crippen molar-refractivity contribution in [2.45, 2.75) is 57.2 Å². The van der Waals surface area contributed by atoms with Crippen molar-refractivity contribution in [2.24, 2.45) is 0 Å². The van der Waals surface area contributed by atoms with Crippen molar-refractivity contribution in [3.63, 3.8) is 0 Å². The van der Waals surface area contributed by atoms with Crippen molar-refractivity contribution < 1.29 is 13.2 Å². The van der Waals surface area contributed by atoms with Gasteiger partial charge in [-0.1, -0.05) is 19.8 Å². The van der Waals surface area contributed by atoms with Gasteiger partial charge in [-0.15, -0.1) is 11.3 Å². The molecule has 0 radical (unpaired) electrons. The normalized spacial score (nSPS) is 22.5. The zero-order chi connectivity index (χ0) is 16.5. The van der Waals surface area contributed by atoms with E-state index >= 15 is 0 Å². The van der Waals surface area contributed by atoms with Crippen molar-refractivity contribution in [2.75, 3.05) is 13.3 Å². The quantitative estimate of drug-likeness (QED) is 0.844. The smallest absolute Gasteiger partial charge is 0.263 e. The van der Waals surface area contributed by atoms with Crippen molar-refractivity contribution in [1.82, 2.24) is 4.90 Å². The largest absolute Gasteiger partial charge is 0.337 e.